The maximum Gasteiger partial charge on any atom is 0.243 e. The van der Waals surface area contributed by atoms with Crippen molar-refractivity contribution in [3.63, 3.8) is 0 Å². The number of hydrogen-bond donors (Lipinski definition) is 1. The molecule has 2 unspecified atom stereocenters. The highest BCUT2D eigenvalue weighted by molar-refractivity contribution is 7.89. The zero-order valence-corrected chi connectivity index (χ0v) is 11.8. The number of ether oxygens (including phenoxy) is 1. The van der Waals surface area contributed by atoms with E-state index in [4.69, 9.17) is 10.5 Å². The number of rotatable bonds is 3. The van der Waals surface area contributed by atoms with E-state index < -0.39 is 15.8 Å². The third kappa shape index (κ3) is 2.35. The van der Waals surface area contributed by atoms with Crippen molar-refractivity contribution in [3.05, 3.63) is 29.6 Å². The molecule has 2 atom stereocenters. The van der Waals surface area contributed by atoms with Crippen molar-refractivity contribution in [2.24, 2.45) is 5.73 Å². The highest BCUT2D eigenvalue weighted by Crippen LogP contribution is 2.30. The van der Waals surface area contributed by atoms with Crippen molar-refractivity contribution in [3.8, 4) is 0 Å². The average Bonchev–Trinajstić information content (AvgIpc) is 2.77. The fourth-order valence-electron chi connectivity index (χ4n) is 2.79. The molecule has 110 valence electrons. The summed E-state index contributed by atoms with van der Waals surface area (Å²) in [6.07, 6.45) is 1.76. The summed E-state index contributed by atoms with van der Waals surface area (Å²) < 4.78 is 45.7. The maximum atomic E-state index is 13.4. The van der Waals surface area contributed by atoms with Crippen LogP contribution in [0.2, 0.25) is 0 Å². The molecule has 3 rings (SSSR count). The molecule has 5 nitrogen and oxygen atoms in total. The van der Waals surface area contributed by atoms with Gasteiger partial charge in [0.25, 0.3) is 0 Å². The summed E-state index contributed by atoms with van der Waals surface area (Å²) in [5.74, 6) is -0.478. The van der Waals surface area contributed by atoms with Gasteiger partial charge < -0.3 is 10.5 Å². The van der Waals surface area contributed by atoms with Gasteiger partial charge in [-0.2, -0.15) is 4.31 Å². The van der Waals surface area contributed by atoms with Gasteiger partial charge in [0, 0.05) is 25.2 Å². The lowest BCUT2D eigenvalue weighted by Crippen LogP contribution is -2.45. The minimum atomic E-state index is -3.61. The normalized spacial score (nSPS) is 26.9. The van der Waals surface area contributed by atoms with Crippen LogP contribution in [0, 0.1) is 5.82 Å². The van der Waals surface area contributed by atoms with E-state index >= 15 is 0 Å². The minimum Gasteiger partial charge on any atom is -0.372 e. The molecule has 0 radical (unpaired) electrons. The van der Waals surface area contributed by atoms with E-state index in [9.17, 15) is 12.8 Å². The largest absolute Gasteiger partial charge is 0.372 e. The first-order valence-electron chi connectivity index (χ1n) is 6.65. The summed E-state index contributed by atoms with van der Waals surface area (Å²) in [5, 5.41) is 0. The average molecular weight is 300 g/mol. The second kappa shape index (κ2) is 5.07. The van der Waals surface area contributed by atoms with Gasteiger partial charge in [0.05, 0.1) is 17.1 Å². The quantitative estimate of drug-likeness (QED) is 0.897. The van der Waals surface area contributed by atoms with Crippen molar-refractivity contribution >= 4 is 10.0 Å². The van der Waals surface area contributed by atoms with Gasteiger partial charge in [0.1, 0.15) is 5.82 Å². The lowest BCUT2D eigenvalue weighted by Gasteiger charge is -2.31. The number of hydrogen-bond acceptors (Lipinski definition) is 4. The third-order valence-corrected chi connectivity index (χ3v) is 5.71. The maximum absolute atomic E-state index is 13.4. The number of morpholine rings is 1. The first-order valence-corrected chi connectivity index (χ1v) is 8.09. The van der Waals surface area contributed by atoms with E-state index in [1.54, 1.807) is 0 Å². The zero-order chi connectivity index (χ0) is 14.3. The summed E-state index contributed by atoms with van der Waals surface area (Å²) in [6.45, 7) is 0.714. The van der Waals surface area contributed by atoms with E-state index in [0.29, 0.717) is 13.1 Å². The predicted molar refractivity (Wildman–Crippen MR) is 70.9 cm³/mol. The fraction of sp³-hybridized carbons (Fsp3) is 0.538. The molecule has 2 N–H and O–H groups in total. The summed E-state index contributed by atoms with van der Waals surface area (Å²) in [6, 6.07) is 3.77. The second-order valence-corrected chi connectivity index (χ2v) is 7.17. The van der Waals surface area contributed by atoms with Crippen LogP contribution in [-0.4, -0.2) is 38.0 Å². The molecule has 2 bridgehead atoms. The molecule has 7 heteroatoms. The Labute approximate surface area is 117 Å². The Morgan fingerprint density at radius 3 is 2.55 bits per heavy atom. The van der Waals surface area contributed by atoms with Crippen molar-refractivity contribution in [1.82, 2.24) is 4.31 Å². The molecule has 0 amide bonds. The van der Waals surface area contributed by atoms with Crippen LogP contribution in [-0.2, 0) is 21.3 Å². The molecule has 0 aromatic heterocycles. The molecular weight excluding hydrogens is 283 g/mol. The summed E-state index contributed by atoms with van der Waals surface area (Å²) >= 11 is 0. The number of nitrogens with zero attached hydrogens (tertiary/aromatic N) is 1. The fourth-order valence-corrected chi connectivity index (χ4v) is 4.35. The molecule has 2 aliphatic heterocycles. The highest BCUT2D eigenvalue weighted by Gasteiger charge is 2.39. The molecular formula is C13H17FN2O3S. The minimum absolute atomic E-state index is 0.0158. The van der Waals surface area contributed by atoms with Crippen molar-refractivity contribution < 1.29 is 17.5 Å². The van der Waals surface area contributed by atoms with E-state index in [1.807, 2.05) is 0 Å². The summed E-state index contributed by atoms with van der Waals surface area (Å²) in [5.41, 5.74) is 5.64. The Morgan fingerprint density at radius 2 is 1.95 bits per heavy atom. The van der Waals surface area contributed by atoms with Gasteiger partial charge in [-0.25, -0.2) is 12.8 Å². The van der Waals surface area contributed by atoms with Crippen molar-refractivity contribution in [2.75, 3.05) is 13.1 Å². The summed E-state index contributed by atoms with van der Waals surface area (Å²) in [7, 11) is -3.61. The Kier molecular flexibility index (Phi) is 3.53. The van der Waals surface area contributed by atoms with Gasteiger partial charge in [-0.05, 0) is 31.0 Å². The number of fused-ring (bicyclic) bond motifs is 2. The molecule has 0 saturated carbocycles. The van der Waals surface area contributed by atoms with Crippen LogP contribution in [0.5, 0.6) is 0 Å². The first kappa shape index (κ1) is 13.9. The van der Waals surface area contributed by atoms with E-state index in [0.717, 1.165) is 18.9 Å². The van der Waals surface area contributed by atoms with Gasteiger partial charge in [-0.1, -0.05) is 0 Å². The lowest BCUT2D eigenvalue weighted by atomic mass is 10.2. The van der Waals surface area contributed by atoms with E-state index in [1.165, 1.54) is 16.4 Å². The molecule has 1 aromatic carbocycles. The molecule has 2 aliphatic rings. The van der Waals surface area contributed by atoms with Gasteiger partial charge in [-0.15, -0.1) is 0 Å². The number of benzene rings is 1. The summed E-state index contributed by atoms with van der Waals surface area (Å²) in [4.78, 5) is 0.0978. The van der Waals surface area contributed by atoms with Crippen LogP contribution in [0.15, 0.2) is 23.1 Å². The second-order valence-electron chi connectivity index (χ2n) is 5.24. The van der Waals surface area contributed by atoms with Crippen LogP contribution >= 0.6 is 0 Å². The number of sulfonamides is 1. The number of nitrogens with two attached hydrogens (primary N) is 1. The van der Waals surface area contributed by atoms with Crippen molar-refractivity contribution in [2.45, 2.75) is 36.5 Å². The lowest BCUT2D eigenvalue weighted by molar-refractivity contribution is -0.0114. The first-order chi connectivity index (χ1) is 9.50. The van der Waals surface area contributed by atoms with E-state index in [2.05, 4.69) is 0 Å². The Balaban J connectivity index is 1.92. The predicted octanol–water partition coefficient (Wildman–Crippen LogP) is 0.836. The SMILES string of the molecule is NCc1cc(S(=O)(=O)N2CC3CCC(C2)O3)ccc1F. The molecule has 20 heavy (non-hydrogen) atoms. The van der Waals surface area contributed by atoms with Crippen LogP contribution in [0.1, 0.15) is 18.4 Å². The molecule has 0 aliphatic carbocycles. The van der Waals surface area contributed by atoms with Crippen LogP contribution < -0.4 is 5.73 Å². The van der Waals surface area contributed by atoms with Gasteiger partial charge in [0.15, 0.2) is 0 Å². The van der Waals surface area contributed by atoms with Crippen molar-refractivity contribution in [1.29, 1.82) is 0 Å². The molecule has 2 fully saturated rings. The standard InChI is InChI=1S/C13H17FN2O3S/c14-13-4-3-12(5-9(13)6-15)20(17,18)16-7-10-1-2-11(8-16)19-10/h3-5,10-11H,1-2,6-8,15H2. The van der Waals surface area contributed by atoms with Crippen LogP contribution in [0.25, 0.3) is 0 Å². The Hall–Kier alpha value is -1.02. The van der Waals surface area contributed by atoms with E-state index in [-0.39, 0.29) is 29.2 Å². The smallest absolute Gasteiger partial charge is 0.243 e. The molecule has 1 aromatic rings. The Morgan fingerprint density at radius 1 is 1.30 bits per heavy atom. The Bertz CT molecular complexity index is 608. The molecule has 0 spiro atoms. The highest BCUT2D eigenvalue weighted by atomic mass is 32.2. The zero-order valence-electron chi connectivity index (χ0n) is 11.0. The van der Waals surface area contributed by atoms with Gasteiger partial charge in [0.2, 0.25) is 10.0 Å². The van der Waals surface area contributed by atoms with Gasteiger partial charge in [-0.3, -0.25) is 0 Å². The third-order valence-electron chi connectivity index (χ3n) is 3.88. The van der Waals surface area contributed by atoms with Crippen LogP contribution in [0.3, 0.4) is 0 Å². The number of halogens is 1. The topological polar surface area (TPSA) is 72.6 Å². The van der Waals surface area contributed by atoms with Crippen LogP contribution in [0.4, 0.5) is 4.39 Å². The monoisotopic (exact) mass is 300 g/mol. The van der Waals surface area contributed by atoms with Gasteiger partial charge >= 0.3 is 0 Å². The molecule has 2 saturated heterocycles. The molecule has 2 heterocycles.